The van der Waals surface area contributed by atoms with E-state index in [9.17, 15) is 5.41 Å². The Morgan fingerprint density at radius 2 is 1.12 bits per heavy atom. The molecular weight excluding hydrogens is 607 g/mol. The van der Waals surface area contributed by atoms with Crippen molar-refractivity contribution in [3.63, 3.8) is 0 Å². The number of amidine groups is 1. The molecule has 3 aliphatic rings. The quantitative estimate of drug-likeness (QED) is 0.215. The molecule has 0 bridgehead atoms. The SMILES string of the molecule is CNC1=C2B(c3cc4c(cc3N(c3ccc(C(C)(C)C)cc3)C2=N)C(C)(C)CCC4(C)C)c2cc(C)ccc2N1c1ccc(C(C)(C)C)cc1. The Hall–Kier alpha value is -4.25. The molecule has 7 rings (SSSR count). The van der Waals surface area contributed by atoms with Gasteiger partial charge in [0.1, 0.15) is 11.7 Å². The lowest BCUT2D eigenvalue weighted by atomic mass is 9.32. The molecule has 1 aliphatic carbocycles. The van der Waals surface area contributed by atoms with Crippen molar-refractivity contribution in [2.24, 2.45) is 0 Å². The van der Waals surface area contributed by atoms with Crippen LogP contribution in [-0.2, 0) is 21.7 Å². The largest absolute Gasteiger partial charge is 0.375 e. The van der Waals surface area contributed by atoms with E-state index in [0.29, 0.717) is 5.84 Å². The van der Waals surface area contributed by atoms with Crippen molar-refractivity contribution in [1.82, 2.24) is 5.32 Å². The average molecular weight is 663 g/mol. The molecule has 2 aliphatic heterocycles. The summed E-state index contributed by atoms with van der Waals surface area (Å²) in [5, 5.41) is 13.9. The van der Waals surface area contributed by atoms with Crippen LogP contribution >= 0.6 is 0 Å². The summed E-state index contributed by atoms with van der Waals surface area (Å²) < 4.78 is 0. The minimum absolute atomic E-state index is 0.0431. The lowest BCUT2D eigenvalue weighted by Crippen LogP contribution is -2.60. The molecule has 0 saturated carbocycles. The highest BCUT2D eigenvalue weighted by Gasteiger charge is 2.48. The van der Waals surface area contributed by atoms with Crippen molar-refractivity contribution >= 4 is 46.2 Å². The third kappa shape index (κ3) is 5.40. The van der Waals surface area contributed by atoms with Crippen LogP contribution in [0.2, 0.25) is 0 Å². The molecule has 2 N–H and O–H groups in total. The summed E-state index contributed by atoms with van der Waals surface area (Å²) in [6.07, 6.45) is 2.30. The van der Waals surface area contributed by atoms with Gasteiger partial charge in [-0.3, -0.25) is 15.2 Å². The van der Waals surface area contributed by atoms with Crippen molar-refractivity contribution in [1.29, 1.82) is 5.41 Å². The lowest BCUT2D eigenvalue weighted by molar-refractivity contribution is 0.332. The van der Waals surface area contributed by atoms with E-state index in [1.807, 2.05) is 7.05 Å². The van der Waals surface area contributed by atoms with Gasteiger partial charge in [0.2, 0.25) is 0 Å². The zero-order valence-electron chi connectivity index (χ0n) is 32.4. The summed E-state index contributed by atoms with van der Waals surface area (Å²) in [6, 6.07) is 29.8. The third-order valence-corrected chi connectivity index (χ3v) is 11.8. The van der Waals surface area contributed by atoms with Crippen LogP contribution in [0.15, 0.2) is 90.2 Å². The molecule has 258 valence electrons. The normalized spacial score (nSPS) is 18.0. The first-order valence-electron chi connectivity index (χ1n) is 18.5. The fraction of sp³-hybridized carbons (Fsp3) is 0.400. The molecule has 0 aromatic heterocycles. The Labute approximate surface area is 301 Å². The first-order valence-corrected chi connectivity index (χ1v) is 18.5. The van der Waals surface area contributed by atoms with E-state index in [1.165, 1.54) is 38.7 Å². The molecular formula is C45H55BN4. The van der Waals surface area contributed by atoms with Gasteiger partial charge in [-0.1, -0.05) is 117 Å². The molecule has 4 aromatic rings. The minimum atomic E-state index is -0.0869. The van der Waals surface area contributed by atoms with E-state index in [2.05, 4.69) is 170 Å². The van der Waals surface area contributed by atoms with Gasteiger partial charge in [0.25, 0.3) is 6.71 Å². The maximum Gasteiger partial charge on any atom is 0.256 e. The standard InChI is InChI=1S/C45H55BN4/c1-28-13-22-37-35(25-28)46-36-26-33-34(45(10,11)24-23-44(33,8)9)27-38(36)49(31-18-14-29(15-19-31)42(2,3)4)40(47)39(46)41(48-12)50(37)32-20-16-30(17-21-32)43(5,6)7/h13-22,25-27,47-48H,23-24H2,1-12H3. The number of benzene rings is 4. The van der Waals surface area contributed by atoms with E-state index >= 15 is 0 Å². The minimum Gasteiger partial charge on any atom is -0.375 e. The van der Waals surface area contributed by atoms with Gasteiger partial charge >= 0.3 is 0 Å². The summed E-state index contributed by atoms with van der Waals surface area (Å²) in [4.78, 5) is 4.57. The Morgan fingerprint density at radius 3 is 1.62 bits per heavy atom. The van der Waals surface area contributed by atoms with Crippen molar-refractivity contribution in [2.75, 3.05) is 16.8 Å². The second-order valence-corrected chi connectivity index (χ2v) is 18.3. The number of hydrogen-bond acceptors (Lipinski definition) is 3. The molecule has 2 heterocycles. The number of hydrogen-bond donors (Lipinski definition) is 2. The molecule has 5 heteroatoms. The highest BCUT2D eigenvalue weighted by atomic mass is 15.3. The number of rotatable bonds is 3. The number of aryl methyl sites for hydroxylation is 1. The van der Waals surface area contributed by atoms with Crippen LogP contribution in [0.4, 0.5) is 22.7 Å². The van der Waals surface area contributed by atoms with Gasteiger partial charge in [0.05, 0.1) is 0 Å². The number of anilines is 4. The summed E-state index contributed by atoms with van der Waals surface area (Å²) >= 11 is 0. The van der Waals surface area contributed by atoms with Crippen LogP contribution in [0.25, 0.3) is 0 Å². The Bertz CT molecular complexity index is 2040. The van der Waals surface area contributed by atoms with Crippen molar-refractivity contribution < 1.29 is 0 Å². The first-order chi connectivity index (χ1) is 23.3. The van der Waals surface area contributed by atoms with Gasteiger partial charge in [-0.05, 0) is 111 Å². The fourth-order valence-corrected chi connectivity index (χ4v) is 8.50. The predicted molar refractivity (Wildman–Crippen MR) is 216 cm³/mol. The van der Waals surface area contributed by atoms with Crippen LogP contribution in [0.5, 0.6) is 0 Å². The van der Waals surface area contributed by atoms with E-state index < -0.39 is 0 Å². The molecule has 0 saturated heterocycles. The molecule has 0 atom stereocenters. The molecule has 50 heavy (non-hydrogen) atoms. The molecule has 4 aromatic carbocycles. The van der Waals surface area contributed by atoms with E-state index in [-0.39, 0.29) is 28.4 Å². The van der Waals surface area contributed by atoms with Gasteiger partial charge in [0, 0.05) is 35.3 Å². The molecule has 0 fully saturated rings. The topological polar surface area (TPSA) is 42.4 Å². The smallest absolute Gasteiger partial charge is 0.256 e. The van der Waals surface area contributed by atoms with Gasteiger partial charge in [-0.15, -0.1) is 0 Å². The van der Waals surface area contributed by atoms with Gasteiger partial charge in [-0.25, -0.2) is 0 Å². The summed E-state index contributed by atoms with van der Waals surface area (Å²) in [5.41, 5.74) is 14.8. The second-order valence-electron chi connectivity index (χ2n) is 18.3. The molecule has 0 unspecified atom stereocenters. The highest BCUT2D eigenvalue weighted by Crippen LogP contribution is 2.49. The van der Waals surface area contributed by atoms with Gasteiger partial charge < -0.3 is 5.32 Å². The molecule has 0 spiro atoms. The van der Waals surface area contributed by atoms with Crippen LogP contribution in [0, 0.1) is 12.3 Å². The van der Waals surface area contributed by atoms with Crippen molar-refractivity contribution in [2.45, 2.75) is 111 Å². The van der Waals surface area contributed by atoms with Crippen LogP contribution in [-0.4, -0.2) is 19.6 Å². The van der Waals surface area contributed by atoms with Crippen LogP contribution in [0.1, 0.15) is 110 Å². The Kier molecular flexibility index (Phi) is 7.79. The fourth-order valence-electron chi connectivity index (χ4n) is 8.50. The number of nitrogens with zero attached hydrogens (tertiary/aromatic N) is 2. The number of fused-ring (bicyclic) bond motifs is 6. The van der Waals surface area contributed by atoms with E-state index in [0.717, 1.165) is 46.9 Å². The number of nitrogens with one attached hydrogen (secondary N) is 2. The predicted octanol–water partition coefficient (Wildman–Crippen LogP) is 9.80. The third-order valence-electron chi connectivity index (χ3n) is 11.8. The molecule has 4 nitrogen and oxygen atoms in total. The monoisotopic (exact) mass is 662 g/mol. The van der Waals surface area contributed by atoms with E-state index in [1.54, 1.807) is 0 Å². The van der Waals surface area contributed by atoms with Crippen molar-refractivity contribution in [3.8, 4) is 0 Å². The zero-order chi connectivity index (χ0) is 36.1. The summed E-state index contributed by atoms with van der Waals surface area (Å²) in [5.74, 6) is 1.48. The highest BCUT2D eigenvalue weighted by molar-refractivity contribution is 6.98. The lowest BCUT2D eigenvalue weighted by Gasteiger charge is -2.47. The Balaban J connectivity index is 1.55. The second kappa shape index (κ2) is 11.4. The summed E-state index contributed by atoms with van der Waals surface area (Å²) in [6.45, 7) is 25.3. The van der Waals surface area contributed by atoms with Gasteiger partial charge in [0.15, 0.2) is 0 Å². The van der Waals surface area contributed by atoms with Crippen molar-refractivity contribution in [3.05, 3.63) is 118 Å². The van der Waals surface area contributed by atoms with E-state index in [4.69, 9.17) is 0 Å². The first kappa shape index (κ1) is 34.2. The molecule has 0 radical (unpaired) electrons. The summed E-state index contributed by atoms with van der Waals surface area (Å²) in [7, 11) is 2.01. The maximum absolute atomic E-state index is 10.2. The Morgan fingerprint density at radius 1 is 0.640 bits per heavy atom. The van der Waals surface area contributed by atoms with Crippen LogP contribution < -0.4 is 26.0 Å². The van der Waals surface area contributed by atoms with Gasteiger partial charge in [-0.2, -0.15) is 0 Å². The maximum atomic E-state index is 10.2. The molecule has 0 amide bonds. The van der Waals surface area contributed by atoms with Crippen LogP contribution in [0.3, 0.4) is 0 Å². The average Bonchev–Trinajstić information content (AvgIpc) is 3.05. The zero-order valence-corrected chi connectivity index (χ0v) is 32.4.